The Morgan fingerprint density at radius 3 is 2.65 bits per heavy atom. The van der Waals surface area contributed by atoms with Crippen molar-refractivity contribution in [3.63, 3.8) is 0 Å². The molecule has 0 aliphatic carbocycles. The van der Waals surface area contributed by atoms with E-state index in [1.165, 1.54) is 6.07 Å². The van der Waals surface area contributed by atoms with E-state index in [4.69, 9.17) is 6.42 Å². The Balaban J connectivity index is 1.98. The Kier molecular flexibility index (Phi) is 4.14. The van der Waals surface area contributed by atoms with Crippen molar-refractivity contribution in [1.29, 1.82) is 0 Å². The van der Waals surface area contributed by atoms with Gasteiger partial charge in [0.05, 0.1) is 17.2 Å². The number of benzene rings is 1. The lowest BCUT2D eigenvalue weighted by Crippen LogP contribution is -2.46. The van der Waals surface area contributed by atoms with Crippen molar-refractivity contribution in [2.24, 2.45) is 0 Å². The molecule has 1 fully saturated rings. The molecule has 120 valence electrons. The smallest absolute Gasteiger partial charge is 0.296 e. The van der Waals surface area contributed by atoms with Crippen molar-refractivity contribution in [3.05, 3.63) is 35.9 Å². The number of alkyl halides is 3. The maximum absolute atomic E-state index is 12.9. The predicted molar refractivity (Wildman–Crippen MR) is 83.7 cm³/mol. The summed E-state index contributed by atoms with van der Waals surface area (Å²) in [5.74, 6) is 0.485. The highest BCUT2D eigenvalue weighted by atomic mass is 19.4. The van der Waals surface area contributed by atoms with Crippen LogP contribution in [0.25, 0.3) is 10.9 Å². The molecule has 0 amide bonds. The molecule has 0 saturated carbocycles. The highest BCUT2D eigenvalue weighted by Crippen LogP contribution is 2.31. The second-order valence-electron chi connectivity index (χ2n) is 5.54. The average Bonchev–Trinajstić information content (AvgIpc) is 2.55. The van der Waals surface area contributed by atoms with Gasteiger partial charge in [-0.15, -0.1) is 0 Å². The van der Waals surface area contributed by atoms with Crippen molar-refractivity contribution < 1.29 is 13.2 Å². The van der Waals surface area contributed by atoms with Crippen LogP contribution in [-0.2, 0) is 6.18 Å². The van der Waals surface area contributed by atoms with E-state index in [2.05, 4.69) is 16.3 Å². The van der Waals surface area contributed by atoms with Crippen molar-refractivity contribution in [1.82, 2.24) is 10.3 Å². The Morgan fingerprint density at radius 2 is 2.00 bits per heavy atom. The Hall–Kier alpha value is -2.26. The van der Waals surface area contributed by atoms with Crippen LogP contribution in [0.5, 0.6) is 0 Å². The summed E-state index contributed by atoms with van der Waals surface area (Å²) in [6, 6.07) is 9.61. The van der Waals surface area contributed by atoms with Gasteiger partial charge in [-0.05, 0) is 50.1 Å². The summed E-state index contributed by atoms with van der Waals surface area (Å²) in [6.07, 6.45) is 4.20. The summed E-state index contributed by atoms with van der Waals surface area (Å²) >= 11 is 0. The van der Waals surface area contributed by atoms with E-state index in [1.54, 1.807) is 17.0 Å². The normalized spacial score (nSPS) is 18.6. The fourth-order valence-corrected chi connectivity index (χ4v) is 2.79. The number of hydrogen-bond donors (Lipinski definition) is 1. The average molecular weight is 319 g/mol. The fraction of sp³-hybridized carbons (Fsp3) is 0.353. The van der Waals surface area contributed by atoms with Crippen LogP contribution in [0.4, 0.5) is 19.0 Å². The first-order valence-electron chi connectivity index (χ1n) is 7.46. The zero-order chi connectivity index (χ0) is 16.4. The Labute approximate surface area is 132 Å². The zero-order valence-corrected chi connectivity index (χ0v) is 12.4. The van der Waals surface area contributed by atoms with Crippen LogP contribution in [0, 0.1) is 12.5 Å². The number of piperidine rings is 1. The quantitative estimate of drug-likeness (QED) is 0.675. The topological polar surface area (TPSA) is 28.2 Å². The minimum absolute atomic E-state index is 0.0375. The largest absolute Gasteiger partial charge is 0.416 e. The minimum atomic E-state index is -4.39. The van der Waals surface area contributed by atoms with Gasteiger partial charge < -0.3 is 0 Å². The predicted octanol–water partition coefficient (Wildman–Crippen LogP) is 3.75. The minimum Gasteiger partial charge on any atom is -0.296 e. The number of fused-ring (bicyclic) bond motifs is 1. The van der Waals surface area contributed by atoms with Gasteiger partial charge in [0.1, 0.15) is 5.82 Å². The molecule has 1 unspecified atom stereocenters. The maximum Gasteiger partial charge on any atom is 0.416 e. The van der Waals surface area contributed by atoms with Crippen LogP contribution in [0.15, 0.2) is 30.3 Å². The van der Waals surface area contributed by atoms with Gasteiger partial charge in [-0.2, -0.15) is 13.2 Å². The van der Waals surface area contributed by atoms with Crippen LogP contribution in [0.2, 0.25) is 0 Å². The van der Waals surface area contributed by atoms with Gasteiger partial charge in [-0.3, -0.25) is 10.2 Å². The number of aromatic nitrogens is 1. The Bertz CT molecular complexity index is 743. The Morgan fingerprint density at radius 1 is 1.22 bits per heavy atom. The van der Waals surface area contributed by atoms with Gasteiger partial charge in [0.25, 0.3) is 0 Å². The summed E-state index contributed by atoms with van der Waals surface area (Å²) in [6.45, 7) is 0.870. The molecule has 1 N–H and O–H groups in total. The van der Waals surface area contributed by atoms with Crippen LogP contribution >= 0.6 is 0 Å². The summed E-state index contributed by atoms with van der Waals surface area (Å²) in [4.78, 5) is 5.99. The van der Waals surface area contributed by atoms with E-state index in [-0.39, 0.29) is 11.7 Å². The van der Waals surface area contributed by atoms with Crippen molar-refractivity contribution in [2.45, 2.75) is 31.6 Å². The van der Waals surface area contributed by atoms with Gasteiger partial charge in [0, 0.05) is 11.4 Å². The molecular weight excluding hydrogens is 303 g/mol. The molecule has 1 saturated heterocycles. The number of rotatable bonds is 2. The van der Waals surface area contributed by atoms with E-state index < -0.39 is 11.7 Å². The molecule has 23 heavy (non-hydrogen) atoms. The molecular formula is C17H16F3N3. The molecule has 2 heterocycles. The number of halogens is 3. The van der Waals surface area contributed by atoms with Gasteiger partial charge in [0.2, 0.25) is 0 Å². The van der Waals surface area contributed by atoms with E-state index >= 15 is 0 Å². The molecule has 0 spiro atoms. The SMILES string of the molecule is C#CN(c1ccc2ccc(C(F)(F)F)cc2n1)C1CCCCN1. The molecule has 2 aromatic rings. The third kappa shape index (κ3) is 3.25. The number of terminal acetylenes is 1. The number of nitrogens with one attached hydrogen (secondary N) is 1. The van der Waals surface area contributed by atoms with E-state index in [0.717, 1.165) is 37.9 Å². The first-order valence-corrected chi connectivity index (χ1v) is 7.46. The molecule has 0 bridgehead atoms. The summed E-state index contributed by atoms with van der Waals surface area (Å²) < 4.78 is 38.6. The van der Waals surface area contributed by atoms with Crippen molar-refractivity contribution in [2.75, 3.05) is 11.4 Å². The van der Waals surface area contributed by atoms with Gasteiger partial charge >= 0.3 is 6.18 Å². The summed E-state index contributed by atoms with van der Waals surface area (Å²) in [7, 11) is 0. The van der Waals surface area contributed by atoms with Gasteiger partial charge in [0.15, 0.2) is 0 Å². The molecule has 1 aromatic carbocycles. The van der Waals surface area contributed by atoms with E-state index in [9.17, 15) is 13.2 Å². The zero-order valence-electron chi connectivity index (χ0n) is 12.4. The van der Waals surface area contributed by atoms with E-state index in [0.29, 0.717) is 11.2 Å². The van der Waals surface area contributed by atoms with Crippen LogP contribution in [0.3, 0.4) is 0 Å². The molecule has 0 radical (unpaired) electrons. The molecule has 3 rings (SSSR count). The molecule has 1 aliphatic rings. The molecule has 1 aromatic heterocycles. The first-order chi connectivity index (χ1) is 11.0. The van der Waals surface area contributed by atoms with Gasteiger partial charge in [-0.1, -0.05) is 12.5 Å². The third-order valence-corrected chi connectivity index (χ3v) is 3.99. The van der Waals surface area contributed by atoms with Gasteiger partial charge in [-0.25, -0.2) is 4.98 Å². The molecule has 1 atom stereocenters. The number of anilines is 1. The number of nitrogens with zero attached hydrogens (tertiary/aromatic N) is 2. The second-order valence-corrected chi connectivity index (χ2v) is 5.54. The number of pyridine rings is 1. The van der Waals surface area contributed by atoms with Crippen molar-refractivity contribution >= 4 is 16.7 Å². The monoisotopic (exact) mass is 319 g/mol. The standard InChI is InChI=1S/C17H16F3N3/c1-2-23(15-5-3-4-10-21-15)16-9-7-12-6-8-13(17(18,19)20)11-14(12)22-16/h1,6-9,11,15,21H,3-5,10H2. The summed E-state index contributed by atoms with van der Waals surface area (Å²) in [5, 5.41) is 3.96. The molecule has 3 nitrogen and oxygen atoms in total. The van der Waals surface area contributed by atoms with E-state index in [1.807, 2.05) is 0 Å². The maximum atomic E-state index is 12.9. The van der Waals surface area contributed by atoms with Crippen LogP contribution in [0.1, 0.15) is 24.8 Å². The van der Waals surface area contributed by atoms with Crippen molar-refractivity contribution in [3.8, 4) is 12.5 Å². The molecule has 1 aliphatic heterocycles. The first kappa shape index (κ1) is 15.6. The lowest BCUT2D eigenvalue weighted by molar-refractivity contribution is -0.137. The lowest BCUT2D eigenvalue weighted by atomic mass is 10.1. The highest BCUT2D eigenvalue weighted by molar-refractivity contribution is 5.81. The van der Waals surface area contributed by atoms with Crippen LogP contribution < -0.4 is 10.2 Å². The second kappa shape index (κ2) is 6.09. The lowest BCUT2D eigenvalue weighted by Gasteiger charge is -2.31. The third-order valence-electron chi connectivity index (χ3n) is 3.99. The molecule has 6 heteroatoms. The fourth-order valence-electron chi connectivity index (χ4n) is 2.79. The van der Waals surface area contributed by atoms with Crippen LogP contribution in [-0.4, -0.2) is 17.7 Å². The summed E-state index contributed by atoms with van der Waals surface area (Å²) in [5.41, 5.74) is -0.425. The number of hydrogen-bond acceptors (Lipinski definition) is 3. The highest BCUT2D eigenvalue weighted by Gasteiger charge is 2.30.